The van der Waals surface area contributed by atoms with Gasteiger partial charge in [0.2, 0.25) is 0 Å². The molecular formula is C23H25ClN2O3. The van der Waals surface area contributed by atoms with Crippen molar-refractivity contribution in [2.24, 2.45) is 0 Å². The van der Waals surface area contributed by atoms with Crippen LogP contribution in [0.1, 0.15) is 37.7 Å². The Morgan fingerprint density at radius 1 is 1.17 bits per heavy atom. The van der Waals surface area contributed by atoms with Gasteiger partial charge in [-0.05, 0) is 70.5 Å². The first-order valence-electron chi connectivity index (χ1n) is 9.47. The van der Waals surface area contributed by atoms with E-state index in [1.807, 2.05) is 58.0 Å². The van der Waals surface area contributed by atoms with Gasteiger partial charge in [0.05, 0.1) is 18.3 Å². The maximum absolute atomic E-state index is 13.1. The van der Waals surface area contributed by atoms with Gasteiger partial charge in [0.15, 0.2) is 0 Å². The summed E-state index contributed by atoms with van der Waals surface area (Å²) in [6.07, 6.45) is 1.78. The average molecular weight is 413 g/mol. The second-order valence-electron chi connectivity index (χ2n) is 7.42. The van der Waals surface area contributed by atoms with Gasteiger partial charge in [-0.2, -0.15) is 0 Å². The molecule has 0 saturated heterocycles. The quantitative estimate of drug-likeness (QED) is 0.534. The number of halogens is 1. The number of carbonyl (C=O) groups is 2. The van der Waals surface area contributed by atoms with Crippen molar-refractivity contribution < 1.29 is 14.3 Å². The lowest BCUT2D eigenvalue weighted by Crippen LogP contribution is -2.31. The first-order valence-corrected chi connectivity index (χ1v) is 9.84. The summed E-state index contributed by atoms with van der Waals surface area (Å²) in [7, 11) is 1.33. The zero-order valence-electron chi connectivity index (χ0n) is 17.5. The molecule has 1 aliphatic rings. The van der Waals surface area contributed by atoms with Crippen molar-refractivity contribution in [2.45, 2.75) is 40.7 Å². The van der Waals surface area contributed by atoms with Crippen LogP contribution in [0.15, 0.2) is 47.2 Å². The molecule has 0 spiro atoms. The summed E-state index contributed by atoms with van der Waals surface area (Å²) in [5.41, 5.74) is 5.06. The number of hydrogen-bond donors (Lipinski definition) is 0. The van der Waals surface area contributed by atoms with Crippen LogP contribution in [0.3, 0.4) is 0 Å². The van der Waals surface area contributed by atoms with Crippen LogP contribution < -0.4 is 0 Å². The van der Waals surface area contributed by atoms with E-state index in [1.54, 1.807) is 17.9 Å². The second-order valence-corrected chi connectivity index (χ2v) is 7.86. The van der Waals surface area contributed by atoms with E-state index in [0.717, 1.165) is 22.6 Å². The predicted molar refractivity (Wildman–Crippen MR) is 115 cm³/mol. The van der Waals surface area contributed by atoms with E-state index >= 15 is 0 Å². The summed E-state index contributed by atoms with van der Waals surface area (Å²) < 4.78 is 7.03. The Kier molecular flexibility index (Phi) is 5.71. The van der Waals surface area contributed by atoms with Crippen LogP contribution in [0, 0.1) is 13.8 Å². The van der Waals surface area contributed by atoms with Crippen LogP contribution in [0.2, 0.25) is 5.02 Å². The van der Waals surface area contributed by atoms with Crippen molar-refractivity contribution in [3.63, 3.8) is 0 Å². The topological polar surface area (TPSA) is 51.5 Å². The van der Waals surface area contributed by atoms with Gasteiger partial charge >= 0.3 is 5.97 Å². The first kappa shape index (κ1) is 20.9. The molecule has 0 radical (unpaired) electrons. The summed E-state index contributed by atoms with van der Waals surface area (Å²) in [5.74, 6) is -0.695. The molecule has 6 heteroatoms. The Labute approximate surface area is 176 Å². The number of benzene rings is 1. The smallest absolute Gasteiger partial charge is 0.340 e. The molecule has 0 saturated carbocycles. The Morgan fingerprint density at radius 3 is 2.45 bits per heavy atom. The number of methoxy groups -OCH3 is 1. The van der Waals surface area contributed by atoms with E-state index in [1.165, 1.54) is 7.11 Å². The maximum Gasteiger partial charge on any atom is 0.340 e. The fourth-order valence-corrected chi connectivity index (χ4v) is 4.11. The number of ether oxygens (including phenoxy) is 1. The molecule has 0 N–H and O–H groups in total. The Morgan fingerprint density at radius 2 is 1.86 bits per heavy atom. The molecule has 0 bridgehead atoms. The van der Waals surface area contributed by atoms with Crippen molar-refractivity contribution in [3.05, 3.63) is 69.1 Å². The summed E-state index contributed by atoms with van der Waals surface area (Å²) in [6, 6.07) is 9.54. The number of hydrogen-bond acceptors (Lipinski definition) is 3. The summed E-state index contributed by atoms with van der Waals surface area (Å²) in [5, 5.41) is 0.653. The largest absolute Gasteiger partial charge is 0.465 e. The van der Waals surface area contributed by atoms with E-state index in [0.29, 0.717) is 21.9 Å². The molecule has 0 atom stereocenters. The van der Waals surface area contributed by atoms with Gasteiger partial charge in [-0.15, -0.1) is 0 Å². The van der Waals surface area contributed by atoms with Crippen LogP contribution >= 0.6 is 11.6 Å². The number of rotatable bonds is 4. The molecule has 1 aromatic carbocycles. The number of allylic oxidation sites excluding steroid dienone is 1. The van der Waals surface area contributed by atoms with Crippen LogP contribution in [0.25, 0.3) is 11.8 Å². The van der Waals surface area contributed by atoms with Gasteiger partial charge in [-0.25, -0.2) is 4.79 Å². The highest BCUT2D eigenvalue weighted by molar-refractivity contribution is 6.30. The van der Waals surface area contributed by atoms with Gasteiger partial charge in [0.1, 0.15) is 0 Å². The van der Waals surface area contributed by atoms with Gasteiger partial charge in [-0.1, -0.05) is 17.7 Å². The molecule has 5 nitrogen and oxygen atoms in total. The predicted octanol–water partition coefficient (Wildman–Crippen LogP) is 4.83. The molecule has 0 aliphatic carbocycles. The highest BCUT2D eigenvalue weighted by atomic mass is 35.5. The molecule has 152 valence electrons. The van der Waals surface area contributed by atoms with E-state index in [-0.39, 0.29) is 11.9 Å². The third-order valence-corrected chi connectivity index (χ3v) is 5.42. The lowest BCUT2D eigenvalue weighted by atomic mass is 10.0. The zero-order valence-corrected chi connectivity index (χ0v) is 18.3. The van der Waals surface area contributed by atoms with Crippen molar-refractivity contribution in [1.29, 1.82) is 0 Å². The minimum atomic E-state index is -0.506. The molecule has 0 fully saturated rings. The Hall–Kier alpha value is -2.79. The van der Waals surface area contributed by atoms with Gasteiger partial charge in [0, 0.05) is 33.8 Å². The third-order valence-electron chi connectivity index (χ3n) is 5.18. The van der Waals surface area contributed by atoms with Crippen LogP contribution in [-0.4, -0.2) is 34.5 Å². The van der Waals surface area contributed by atoms with E-state index in [4.69, 9.17) is 16.3 Å². The van der Waals surface area contributed by atoms with Crippen molar-refractivity contribution in [2.75, 3.05) is 7.11 Å². The maximum atomic E-state index is 13.1. The number of aromatic nitrogens is 1. The molecular weight excluding hydrogens is 388 g/mol. The molecule has 3 rings (SSSR count). The summed E-state index contributed by atoms with van der Waals surface area (Å²) >= 11 is 6.16. The fraction of sp³-hybridized carbons (Fsp3) is 0.304. The minimum absolute atomic E-state index is 0.0630. The summed E-state index contributed by atoms with van der Waals surface area (Å²) in [4.78, 5) is 27.2. The highest BCUT2D eigenvalue weighted by Gasteiger charge is 2.38. The van der Waals surface area contributed by atoms with Crippen LogP contribution in [0.5, 0.6) is 0 Å². The number of aryl methyl sites for hydroxylation is 1. The van der Waals surface area contributed by atoms with Crippen LogP contribution in [-0.2, 0) is 14.3 Å². The van der Waals surface area contributed by atoms with Crippen molar-refractivity contribution >= 4 is 29.6 Å². The molecule has 29 heavy (non-hydrogen) atoms. The average Bonchev–Trinajstić information content (AvgIpc) is 3.07. The van der Waals surface area contributed by atoms with E-state index < -0.39 is 5.97 Å². The number of carbonyl (C=O) groups excluding carboxylic acids is 2. The molecule has 1 amide bonds. The molecule has 1 aliphatic heterocycles. The standard InChI is InChI=1S/C23H25ClN2O3/c1-13(2)25-16(5)21(23(28)29-6)20(22(25)27)11-17-10-14(3)26(15(17)4)19-9-7-8-18(24)12-19/h7-13H,1-6H3/b20-11-. The normalized spacial score (nSPS) is 15.8. The van der Waals surface area contributed by atoms with Crippen molar-refractivity contribution in [1.82, 2.24) is 9.47 Å². The Bertz CT molecular complexity index is 1060. The fourth-order valence-electron chi connectivity index (χ4n) is 3.92. The molecule has 0 unspecified atom stereocenters. The minimum Gasteiger partial charge on any atom is -0.465 e. The Balaban J connectivity index is 2.16. The zero-order chi connectivity index (χ0) is 21.5. The lowest BCUT2D eigenvalue weighted by molar-refractivity contribution is -0.136. The third kappa shape index (κ3) is 3.62. The molecule has 2 aromatic rings. The van der Waals surface area contributed by atoms with Gasteiger partial charge in [-0.3, -0.25) is 4.79 Å². The van der Waals surface area contributed by atoms with E-state index in [2.05, 4.69) is 4.57 Å². The first-order chi connectivity index (χ1) is 13.7. The molecule has 1 aromatic heterocycles. The van der Waals surface area contributed by atoms with Crippen LogP contribution in [0.4, 0.5) is 0 Å². The van der Waals surface area contributed by atoms with Gasteiger partial charge < -0.3 is 14.2 Å². The SMILES string of the molecule is COC(=O)C1=C(C)N(C(C)C)C(=O)/C1=C\c1cc(C)n(-c2cccc(Cl)c2)c1C. The highest BCUT2D eigenvalue weighted by Crippen LogP contribution is 2.34. The van der Waals surface area contributed by atoms with Gasteiger partial charge in [0.25, 0.3) is 5.91 Å². The number of esters is 1. The second kappa shape index (κ2) is 7.91. The number of nitrogens with zero attached hydrogens (tertiary/aromatic N) is 2. The molecule has 2 heterocycles. The lowest BCUT2D eigenvalue weighted by Gasteiger charge is -2.22. The number of amides is 1. The summed E-state index contributed by atoms with van der Waals surface area (Å²) in [6.45, 7) is 9.60. The van der Waals surface area contributed by atoms with E-state index in [9.17, 15) is 9.59 Å². The van der Waals surface area contributed by atoms with Crippen molar-refractivity contribution in [3.8, 4) is 5.69 Å². The monoisotopic (exact) mass is 412 g/mol.